The molecule has 4 heteroatoms. The minimum Gasteiger partial charge on any atom is -0.339 e. The van der Waals surface area contributed by atoms with Crippen LogP contribution in [0, 0.1) is 6.92 Å². The van der Waals surface area contributed by atoms with Gasteiger partial charge in [-0.2, -0.15) is 4.98 Å². The van der Waals surface area contributed by atoms with Crippen molar-refractivity contribution in [2.45, 2.75) is 32.1 Å². The first-order valence-electron chi connectivity index (χ1n) is 5.68. The minimum atomic E-state index is -0.203. The van der Waals surface area contributed by atoms with E-state index in [1.54, 1.807) is 0 Å². The average molecular weight is 251 g/mol. The Hall–Kier alpha value is -1.35. The molecule has 2 aromatic rings. The smallest absolute Gasteiger partial charge is 0.227 e. The largest absolute Gasteiger partial charge is 0.339 e. The predicted molar refractivity (Wildman–Crippen MR) is 67.2 cm³/mol. The molecule has 1 aromatic carbocycles. The second-order valence-electron chi connectivity index (χ2n) is 4.09. The lowest BCUT2D eigenvalue weighted by molar-refractivity contribution is 0.373. The van der Waals surface area contributed by atoms with E-state index in [2.05, 4.69) is 29.2 Å². The van der Waals surface area contributed by atoms with Crippen molar-refractivity contribution < 1.29 is 4.52 Å². The van der Waals surface area contributed by atoms with Crippen molar-refractivity contribution in [1.29, 1.82) is 0 Å². The summed E-state index contributed by atoms with van der Waals surface area (Å²) in [6, 6.07) is 8.31. The third-order valence-corrected chi connectivity index (χ3v) is 2.90. The fourth-order valence-electron chi connectivity index (χ4n) is 1.66. The lowest BCUT2D eigenvalue weighted by atomic mass is 10.0. The zero-order valence-electron chi connectivity index (χ0n) is 9.98. The van der Waals surface area contributed by atoms with E-state index in [9.17, 15) is 0 Å². The van der Waals surface area contributed by atoms with Gasteiger partial charge in [0.1, 0.15) is 0 Å². The van der Waals surface area contributed by atoms with Gasteiger partial charge in [-0.25, -0.2) is 0 Å². The normalized spacial score (nSPS) is 12.6. The number of benzene rings is 1. The van der Waals surface area contributed by atoms with Gasteiger partial charge in [-0.1, -0.05) is 29.4 Å². The van der Waals surface area contributed by atoms with Crippen molar-refractivity contribution in [3.63, 3.8) is 0 Å². The molecule has 2 rings (SSSR count). The Morgan fingerprint density at radius 1 is 1.29 bits per heavy atom. The number of aromatic nitrogens is 2. The Morgan fingerprint density at radius 3 is 2.71 bits per heavy atom. The Balaban J connectivity index is 2.00. The summed E-state index contributed by atoms with van der Waals surface area (Å²) in [6.07, 6.45) is 1.66. The monoisotopic (exact) mass is 250 g/mol. The molecule has 1 unspecified atom stereocenters. The van der Waals surface area contributed by atoms with E-state index >= 15 is 0 Å². The zero-order valence-corrected chi connectivity index (χ0v) is 10.7. The molecule has 0 aliphatic heterocycles. The fourth-order valence-corrected chi connectivity index (χ4v) is 1.75. The molecule has 0 radical (unpaired) electrons. The van der Waals surface area contributed by atoms with Crippen LogP contribution in [0.4, 0.5) is 0 Å². The van der Waals surface area contributed by atoms with E-state index in [1.165, 1.54) is 11.1 Å². The van der Waals surface area contributed by atoms with Crippen LogP contribution in [0.1, 0.15) is 35.1 Å². The number of hydrogen-bond donors (Lipinski definition) is 0. The zero-order chi connectivity index (χ0) is 12.3. The Bertz CT molecular complexity index is 494. The van der Waals surface area contributed by atoms with Gasteiger partial charge in [0.25, 0.3) is 0 Å². The molecule has 1 heterocycles. The highest BCUT2D eigenvalue weighted by atomic mass is 35.5. The number of halogens is 1. The molecular formula is C13H15ClN2O. The second kappa shape index (κ2) is 5.32. The molecule has 0 N–H and O–H groups in total. The van der Waals surface area contributed by atoms with Crippen LogP contribution in [0.2, 0.25) is 0 Å². The van der Waals surface area contributed by atoms with Gasteiger partial charge in [0.15, 0.2) is 5.82 Å². The molecule has 0 bridgehead atoms. The Kier molecular flexibility index (Phi) is 3.79. The summed E-state index contributed by atoms with van der Waals surface area (Å²) in [5, 5.41) is 3.63. The van der Waals surface area contributed by atoms with E-state index in [4.69, 9.17) is 16.1 Å². The lowest BCUT2D eigenvalue weighted by Gasteiger charge is -2.02. The maximum absolute atomic E-state index is 5.87. The van der Waals surface area contributed by atoms with E-state index in [-0.39, 0.29) is 5.38 Å². The van der Waals surface area contributed by atoms with Gasteiger partial charge >= 0.3 is 0 Å². The minimum absolute atomic E-state index is 0.203. The van der Waals surface area contributed by atoms with Crippen LogP contribution in [-0.4, -0.2) is 10.1 Å². The number of rotatable bonds is 4. The molecule has 0 saturated carbocycles. The Labute approximate surface area is 106 Å². The molecule has 0 spiro atoms. The lowest BCUT2D eigenvalue weighted by Crippen LogP contribution is -1.95. The molecule has 0 aliphatic rings. The van der Waals surface area contributed by atoms with Crippen molar-refractivity contribution in [3.05, 3.63) is 47.1 Å². The molecule has 1 atom stereocenters. The molecule has 0 aliphatic carbocycles. The van der Waals surface area contributed by atoms with Gasteiger partial charge in [0.05, 0.1) is 5.38 Å². The van der Waals surface area contributed by atoms with Gasteiger partial charge in [0.2, 0.25) is 5.89 Å². The van der Waals surface area contributed by atoms with Gasteiger partial charge in [-0.3, -0.25) is 0 Å². The first-order chi connectivity index (χ1) is 8.16. The third-order valence-electron chi connectivity index (χ3n) is 2.71. The summed E-state index contributed by atoms with van der Waals surface area (Å²) in [5.41, 5.74) is 2.60. The van der Waals surface area contributed by atoms with Crippen molar-refractivity contribution in [1.82, 2.24) is 10.1 Å². The van der Waals surface area contributed by atoms with Crippen LogP contribution in [-0.2, 0) is 12.8 Å². The van der Waals surface area contributed by atoms with Crippen molar-refractivity contribution in [3.8, 4) is 0 Å². The topological polar surface area (TPSA) is 38.9 Å². The quantitative estimate of drug-likeness (QED) is 0.780. The van der Waals surface area contributed by atoms with Crippen LogP contribution < -0.4 is 0 Å². The van der Waals surface area contributed by atoms with Crippen molar-refractivity contribution in [2.75, 3.05) is 0 Å². The number of alkyl halides is 1. The van der Waals surface area contributed by atoms with Crippen LogP contribution in [0.3, 0.4) is 0 Å². The Morgan fingerprint density at radius 2 is 2.06 bits per heavy atom. The standard InChI is InChI=1S/C13H15ClN2O/c1-9-5-3-4-6-11(9)7-8-12-15-13(10(2)14)16-17-12/h3-6,10H,7-8H2,1-2H3. The molecule has 0 fully saturated rings. The van der Waals surface area contributed by atoms with Gasteiger partial charge in [0, 0.05) is 6.42 Å². The number of hydrogen-bond acceptors (Lipinski definition) is 3. The van der Waals surface area contributed by atoms with Crippen LogP contribution in [0.25, 0.3) is 0 Å². The average Bonchev–Trinajstić information content (AvgIpc) is 2.77. The summed E-state index contributed by atoms with van der Waals surface area (Å²) < 4.78 is 5.14. The fraction of sp³-hybridized carbons (Fsp3) is 0.385. The van der Waals surface area contributed by atoms with Gasteiger partial charge in [-0.15, -0.1) is 11.6 Å². The summed E-state index contributed by atoms with van der Waals surface area (Å²) >= 11 is 5.87. The summed E-state index contributed by atoms with van der Waals surface area (Å²) in [7, 11) is 0. The third kappa shape index (κ3) is 3.07. The summed E-state index contributed by atoms with van der Waals surface area (Å²) in [5.74, 6) is 1.21. The molecule has 0 saturated heterocycles. The highest BCUT2D eigenvalue weighted by molar-refractivity contribution is 6.20. The second-order valence-corrected chi connectivity index (χ2v) is 4.74. The first-order valence-corrected chi connectivity index (χ1v) is 6.11. The van der Waals surface area contributed by atoms with E-state index in [0.717, 1.165) is 12.8 Å². The van der Waals surface area contributed by atoms with Crippen LogP contribution >= 0.6 is 11.6 Å². The maximum atomic E-state index is 5.87. The number of aryl methyl sites for hydroxylation is 3. The highest BCUT2D eigenvalue weighted by Gasteiger charge is 2.11. The predicted octanol–water partition coefficient (Wildman–Crippen LogP) is 3.46. The van der Waals surface area contributed by atoms with E-state index < -0.39 is 0 Å². The van der Waals surface area contributed by atoms with E-state index in [0.29, 0.717) is 11.7 Å². The van der Waals surface area contributed by atoms with Crippen molar-refractivity contribution >= 4 is 11.6 Å². The van der Waals surface area contributed by atoms with Crippen molar-refractivity contribution in [2.24, 2.45) is 0 Å². The van der Waals surface area contributed by atoms with Gasteiger partial charge in [-0.05, 0) is 31.4 Å². The highest BCUT2D eigenvalue weighted by Crippen LogP contribution is 2.16. The summed E-state index contributed by atoms with van der Waals surface area (Å²) in [4.78, 5) is 4.24. The number of nitrogens with zero attached hydrogens (tertiary/aromatic N) is 2. The molecule has 90 valence electrons. The summed E-state index contributed by atoms with van der Waals surface area (Å²) in [6.45, 7) is 3.94. The molecule has 3 nitrogen and oxygen atoms in total. The first kappa shape index (κ1) is 12.1. The molecule has 0 amide bonds. The van der Waals surface area contributed by atoms with Gasteiger partial charge < -0.3 is 4.52 Å². The molecule has 1 aromatic heterocycles. The SMILES string of the molecule is Cc1ccccc1CCc1nc(C(C)Cl)no1. The van der Waals surface area contributed by atoms with Crippen LogP contribution in [0.5, 0.6) is 0 Å². The molecular weight excluding hydrogens is 236 g/mol. The maximum Gasteiger partial charge on any atom is 0.227 e. The van der Waals surface area contributed by atoms with E-state index in [1.807, 2.05) is 19.1 Å². The molecule has 17 heavy (non-hydrogen) atoms. The van der Waals surface area contributed by atoms with Crippen LogP contribution in [0.15, 0.2) is 28.8 Å².